The Balaban J connectivity index is 1.65. The monoisotopic (exact) mass is 362 g/mol. The SMILES string of the molecule is CC(NC(=O)Cc1csc(-c2ccccc2Cl)n1)c1cccs1. The molecule has 3 aromatic rings. The zero-order valence-corrected chi connectivity index (χ0v) is 14.8. The molecule has 1 aromatic carbocycles. The molecule has 0 aliphatic rings. The van der Waals surface area contributed by atoms with Crippen LogP contribution in [0, 0.1) is 0 Å². The third-order valence-corrected chi connectivity index (χ3v) is 5.65. The van der Waals surface area contributed by atoms with Crippen LogP contribution in [-0.2, 0) is 11.2 Å². The minimum absolute atomic E-state index is 0.0178. The fourth-order valence-corrected chi connectivity index (χ4v) is 4.09. The first-order chi connectivity index (χ1) is 11.1. The Hall–Kier alpha value is -1.69. The predicted octanol–water partition coefficient (Wildman–Crippen LogP) is 4.94. The summed E-state index contributed by atoms with van der Waals surface area (Å²) in [4.78, 5) is 17.8. The van der Waals surface area contributed by atoms with Crippen LogP contribution in [0.5, 0.6) is 0 Å². The van der Waals surface area contributed by atoms with Crippen molar-refractivity contribution < 1.29 is 4.79 Å². The third kappa shape index (κ3) is 3.99. The van der Waals surface area contributed by atoms with Crippen LogP contribution in [-0.4, -0.2) is 10.9 Å². The first-order valence-electron chi connectivity index (χ1n) is 7.15. The molecule has 23 heavy (non-hydrogen) atoms. The molecule has 1 N–H and O–H groups in total. The van der Waals surface area contributed by atoms with Gasteiger partial charge in [0.2, 0.25) is 5.91 Å². The molecule has 0 saturated heterocycles. The van der Waals surface area contributed by atoms with Crippen LogP contribution in [0.25, 0.3) is 10.6 Å². The number of nitrogens with zero attached hydrogens (tertiary/aromatic N) is 1. The fraction of sp³-hybridized carbons (Fsp3) is 0.176. The van der Waals surface area contributed by atoms with E-state index in [0.29, 0.717) is 5.02 Å². The summed E-state index contributed by atoms with van der Waals surface area (Å²) in [5.41, 5.74) is 1.67. The number of thiazole rings is 1. The number of carbonyl (C=O) groups excluding carboxylic acids is 1. The van der Waals surface area contributed by atoms with Crippen molar-refractivity contribution in [2.75, 3.05) is 0 Å². The van der Waals surface area contributed by atoms with Crippen molar-refractivity contribution >= 4 is 40.2 Å². The topological polar surface area (TPSA) is 42.0 Å². The summed E-state index contributed by atoms with van der Waals surface area (Å²) in [5, 5.41) is 8.43. The van der Waals surface area contributed by atoms with Crippen LogP contribution in [0.15, 0.2) is 47.2 Å². The first-order valence-corrected chi connectivity index (χ1v) is 9.29. The van der Waals surface area contributed by atoms with E-state index >= 15 is 0 Å². The molecule has 3 nitrogen and oxygen atoms in total. The normalized spacial score (nSPS) is 12.1. The van der Waals surface area contributed by atoms with Crippen LogP contribution in [0.3, 0.4) is 0 Å². The van der Waals surface area contributed by atoms with Gasteiger partial charge in [0.05, 0.1) is 23.2 Å². The lowest BCUT2D eigenvalue weighted by atomic mass is 10.2. The molecule has 0 fully saturated rings. The summed E-state index contributed by atoms with van der Waals surface area (Å²) in [7, 11) is 0. The highest BCUT2D eigenvalue weighted by molar-refractivity contribution is 7.13. The molecular weight excluding hydrogens is 348 g/mol. The molecule has 1 amide bonds. The largest absolute Gasteiger partial charge is 0.348 e. The molecule has 2 aromatic heterocycles. The molecule has 1 atom stereocenters. The highest BCUT2D eigenvalue weighted by atomic mass is 35.5. The molecule has 0 radical (unpaired) electrons. The van der Waals surface area contributed by atoms with Gasteiger partial charge < -0.3 is 5.32 Å². The number of amides is 1. The van der Waals surface area contributed by atoms with Crippen molar-refractivity contribution in [1.29, 1.82) is 0 Å². The zero-order chi connectivity index (χ0) is 16.2. The number of halogens is 1. The van der Waals surface area contributed by atoms with Crippen LogP contribution in [0.1, 0.15) is 23.5 Å². The molecule has 3 rings (SSSR count). The van der Waals surface area contributed by atoms with Gasteiger partial charge in [0.25, 0.3) is 0 Å². The number of thiophene rings is 1. The van der Waals surface area contributed by atoms with Gasteiger partial charge in [-0.15, -0.1) is 22.7 Å². The van der Waals surface area contributed by atoms with Gasteiger partial charge in [-0.25, -0.2) is 4.98 Å². The third-order valence-electron chi connectivity index (χ3n) is 3.35. The molecule has 0 aliphatic carbocycles. The second kappa shape index (κ2) is 7.25. The summed E-state index contributed by atoms with van der Waals surface area (Å²) >= 11 is 9.33. The second-order valence-electron chi connectivity index (χ2n) is 5.11. The van der Waals surface area contributed by atoms with E-state index in [1.165, 1.54) is 11.3 Å². The molecule has 1 unspecified atom stereocenters. The summed E-state index contributed by atoms with van der Waals surface area (Å²) < 4.78 is 0. The van der Waals surface area contributed by atoms with E-state index in [-0.39, 0.29) is 18.4 Å². The summed E-state index contributed by atoms with van der Waals surface area (Å²) in [6, 6.07) is 11.6. The Morgan fingerprint density at radius 1 is 1.26 bits per heavy atom. The van der Waals surface area contributed by atoms with E-state index in [0.717, 1.165) is 21.1 Å². The van der Waals surface area contributed by atoms with Crippen molar-refractivity contribution in [2.24, 2.45) is 0 Å². The fourth-order valence-electron chi connectivity index (χ4n) is 2.21. The number of hydrogen-bond acceptors (Lipinski definition) is 4. The average Bonchev–Trinajstić information content (AvgIpc) is 3.19. The number of aromatic nitrogens is 1. The summed E-state index contributed by atoms with van der Waals surface area (Å²) in [6.45, 7) is 1.99. The molecule has 6 heteroatoms. The molecule has 0 spiro atoms. The van der Waals surface area contributed by atoms with E-state index in [1.807, 2.05) is 54.1 Å². The van der Waals surface area contributed by atoms with Crippen molar-refractivity contribution in [1.82, 2.24) is 10.3 Å². The van der Waals surface area contributed by atoms with Gasteiger partial charge in [-0.1, -0.05) is 35.9 Å². The molecule has 0 aliphatic heterocycles. The van der Waals surface area contributed by atoms with Gasteiger partial charge in [0, 0.05) is 15.8 Å². The van der Waals surface area contributed by atoms with Crippen molar-refractivity contribution in [3.8, 4) is 10.6 Å². The van der Waals surface area contributed by atoms with E-state index in [1.54, 1.807) is 11.3 Å². The van der Waals surface area contributed by atoms with Gasteiger partial charge in [-0.3, -0.25) is 4.79 Å². The highest BCUT2D eigenvalue weighted by Crippen LogP contribution is 2.30. The van der Waals surface area contributed by atoms with Crippen molar-refractivity contribution in [3.63, 3.8) is 0 Å². The summed E-state index contributed by atoms with van der Waals surface area (Å²) in [6.07, 6.45) is 0.274. The Labute approximate surface area is 148 Å². The maximum atomic E-state index is 12.2. The highest BCUT2D eigenvalue weighted by Gasteiger charge is 2.14. The number of nitrogens with one attached hydrogen (secondary N) is 1. The first kappa shape index (κ1) is 16.2. The minimum Gasteiger partial charge on any atom is -0.348 e. The number of benzene rings is 1. The van der Waals surface area contributed by atoms with Crippen LogP contribution in [0.2, 0.25) is 5.02 Å². The Bertz CT molecular complexity index is 799. The lowest BCUT2D eigenvalue weighted by molar-refractivity contribution is -0.121. The molecule has 2 heterocycles. The minimum atomic E-state index is -0.0260. The van der Waals surface area contributed by atoms with Gasteiger partial charge in [0.1, 0.15) is 5.01 Å². The van der Waals surface area contributed by atoms with Crippen LogP contribution >= 0.6 is 34.3 Å². The Morgan fingerprint density at radius 3 is 2.83 bits per heavy atom. The van der Waals surface area contributed by atoms with Crippen LogP contribution < -0.4 is 5.32 Å². The zero-order valence-electron chi connectivity index (χ0n) is 12.5. The molecule has 118 valence electrons. The van der Waals surface area contributed by atoms with Gasteiger partial charge in [0.15, 0.2) is 0 Å². The Kier molecular flexibility index (Phi) is 5.10. The maximum Gasteiger partial charge on any atom is 0.226 e. The number of carbonyl (C=O) groups is 1. The predicted molar refractivity (Wildman–Crippen MR) is 97.1 cm³/mol. The standard InChI is InChI=1S/C17H15ClN2OS2/c1-11(15-7-4-8-22-15)19-16(21)9-12-10-23-17(20-12)13-5-2-3-6-14(13)18/h2-8,10-11H,9H2,1H3,(H,19,21). The molecule has 0 saturated carbocycles. The molecule has 0 bridgehead atoms. The van der Waals surface area contributed by atoms with Gasteiger partial charge >= 0.3 is 0 Å². The maximum absolute atomic E-state index is 12.2. The lowest BCUT2D eigenvalue weighted by Crippen LogP contribution is -2.27. The number of rotatable bonds is 5. The molecular formula is C17H15ClN2OS2. The van der Waals surface area contributed by atoms with Gasteiger partial charge in [-0.05, 0) is 24.4 Å². The van der Waals surface area contributed by atoms with Gasteiger partial charge in [-0.2, -0.15) is 0 Å². The van der Waals surface area contributed by atoms with Crippen LogP contribution in [0.4, 0.5) is 0 Å². The van der Waals surface area contributed by atoms with E-state index in [9.17, 15) is 4.79 Å². The quantitative estimate of drug-likeness (QED) is 0.698. The van der Waals surface area contributed by atoms with E-state index < -0.39 is 0 Å². The van der Waals surface area contributed by atoms with E-state index in [2.05, 4.69) is 10.3 Å². The Morgan fingerprint density at radius 2 is 2.09 bits per heavy atom. The number of hydrogen-bond donors (Lipinski definition) is 1. The summed E-state index contributed by atoms with van der Waals surface area (Å²) in [5.74, 6) is -0.0260. The lowest BCUT2D eigenvalue weighted by Gasteiger charge is -2.11. The van der Waals surface area contributed by atoms with E-state index in [4.69, 9.17) is 11.6 Å². The average molecular weight is 363 g/mol. The smallest absolute Gasteiger partial charge is 0.226 e. The second-order valence-corrected chi connectivity index (χ2v) is 7.35. The van der Waals surface area contributed by atoms with Crippen molar-refractivity contribution in [3.05, 3.63) is 62.8 Å². The van der Waals surface area contributed by atoms with Crippen molar-refractivity contribution in [2.45, 2.75) is 19.4 Å².